The Morgan fingerprint density at radius 2 is 1.77 bits per heavy atom. The minimum Gasteiger partial charge on any atom is -0.336 e. The van der Waals surface area contributed by atoms with Crippen LogP contribution in [0.4, 0.5) is 4.79 Å². The number of hydrogen-bond donors (Lipinski definition) is 1. The van der Waals surface area contributed by atoms with E-state index < -0.39 is 0 Å². The van der Waals surface area contributed by atoms with Crippen LogP contribution in [0.2, 0.25) is 0 Å². The summed E-state index contributed by atoms with van der Waals surface area (Å²) < 4.78 is 0. The van der Waals surface area contributed by atoms with Gasteiger partial charge in [-0.25, -0.2) is 4.79 Å². The van der Waals surface area contributed by atoms with Gasteiger partial charge in [0.05, 0.1) is 6.04 Å². The van der Waals surface area contributed by atoms with Gasteiger partial charge in [0.15, 0.2) is 0 Å². The van der Waals surface area contributed by atoms with E-state index >= 15 is 0 Å². The number of benzene rings is 1. The number of nitrogens with zero attached hydrogens (tertiary/aromatic N) is 3. The molecule has 0 unspecified atom stereocenters. The number of piperidine rings is 2. The van der Waals surface area contributed by atoms with Crippen molar-refractivity contribution in [1.29, 1.82) is 0 Å². The zero-order chi connectivity index (χ0) is 21.7. The van der Waals surface area contributed by atoms with Crippen molar-refractivity contribution < 1.29 is 9.59 Å². The predicted octanol–water partition coefficient (Wildman–Crippen LogP) is 3.30. The fraction of sp³-hybridized carbons (Fsp3) is 0.667. The quantitative estimate of drug-likeness (QED) is 0.804. The molecule has 2 heterocycles. The zero-order valence-corrected chi connectivity index (χ0v) is 19.1. The second-order valence-electron chi connectivity index (χ2n) is 9.62. The third-order valence-corrected chi connectivity index (χ3v) is 6.77. The van der Waals surface area contributed by atoms with E-state index in [9.17, 15) is 9.59 Å². The third kappa shape index (κ3) is 5.15. The predicted molar refractivity (Wildman–Crippen MR) is 121 cm³/mol. The lowest BCUT2D eigenvalue weighted by Crippen LogP contribution is -2.62. The van der Waals surface area contributed by atoms with Gasteiger partial charge < -0.3 is 20.0 Å². The van der Waals surface area contributed by atoms with Crippen LogP contribution < -0.4 is 5.32 Å². The highest BCUT2D eigenvalue weighted by Gasteiger charge is 2.47. The van der Waals surface area contributed by atoms with Gasteiger partial charge in [0.25, 0.3) is 5.91 Å². The summed E-state index contributed by atoms with van der Waals surface area (Å²) in [5, 5.41) is 3.08. The van der Waals surface area contributed by atoms with Crippen LogP contribution >= 0.6 is 0 Å². The number of rotatable bonds is 5. The molecule has 0 aromatic heterocycles. The Labute approximate surface area is 181 Å². The maximum absolute atomic E-state index is 13.4. The van der Waals surface area contributed by atoms with Gasteiger partial charge in [-0.15, -0.1) is 0 Å². The van der Waals surface area contributed by atoms with E-state index in [1.807, 2.05) is 35.2 Å². The highest BCUT2D eigenvalue weighted by Crippen LogP contribution is 2.45. The molecule has 0 bridgehead atoms. The Morgan fingerprint density at radius 1 is 1.10 bits per heavy atom. The number of likely N-dealkylation sites (tertiary alicyclic amines) is 2. The van der Waals surface area contributed by atoms with Gasteiger partial charge in [0.1, 0.15) is 0 Å². The molecule has 1 aromatic carbocycles. The lowest BCUT2D eigenvalue weighted by Gasteiger charge is -2.53. The molecule has 1 N–H and O–H groups in total. The Bertz CT molecular complexity index is 711. The second kappa shape index (κ2) is 9.82. The third-order valence-electron chi connectivity index (χ3n) is 6.77. The molecule has 2 fully saturated rings. The maximum atomic E-state index is 13.4. The van der Waals surface area contributed by atoms with E-state index in [0.29, 0.717) is 12.5 Å². The molecule has 1 spiro atoms. The van der Waals surface area contributed by atoms with Gasteiger partial charge >= 0.3 is 6.03 Å². The molecule has 2 saturated heterocycles. The van der Waals surface area contributed by atoms with Crippen LogP contribution in [0.1, 0.15) is 49.9 Å². The zero-order valence-electron chi connectivity index (χ0n) is 19.1. The van der Waals surface area contributed by atoms with Crippen LogP contribution in [0.25, 0.3) is 0 Å². The molecule has 0 aliphatic carbocycles. The molecular weight excluding hydrogens is 376 g/mol. The van der Waals surface area contributed by atoms with Crippen LogP contribution in [0.3, 0.4) is 0 Å². The summed E-state index contributed by atoms with van der Waals surface area (Å²) in [7, 11) is 3.51. The fourth-order valence-electron chi connectivity index (χ4n) is 5.19. The molecule has 6 heteroatoms. The highest BCUT2D eigenvalue weighted by molar-refractivity contribution is 5.94. The van der Waals surface area contributed by atoms with Crippen LogP contribution in [-0.2, 0) is 0 Å². The molecule has 0 saturated carbocycles. The Balaban J connectivity index is 1.81. The summed E-state index contributed by atoms with van der Waals surface area (Å²) in [5.41, 5.74) is 0.811. The van der Waals surface area contributed by atoms with Crippen molar-refractivity contribution in [2.75, 3.05) is 46.8 Å². The SMILES string of the molecule is CC(C)CN1CCC2(CCCN(C(=O)c3ccccc3)[C@H]2CNC(=O)N(C)C)CC1. The monoisotopic (exact) mass is 414 g/mol. The van der Waals surface area contributed by atoms with Crippen molar-refractivity contribution in [3.63, 3.8) is 0 Å². The van der Waals surface area contributed by atoms with Gasteiger partial charge in [-0.1, -0.05) is 32.0 Å². The minimum atomic E-state index is -0.0972. The standard InChI is InChI=1S/C24H38N4O2/c1-19(2)18-27-15-12-24(13-16-27)11-8-14-28(21(24)17-25-23(30)26(3)4)22(29)20-9-6-5-7-10-20/h5-7,9-10,19,21H,8,11-18H2,1-4H3,(H,25,30)/t21-/m0/s1. The molecular formula is C24H38N4O2. The topological polar surface area (TPSA) is 55.9 Å². The van der Waals surface area contributed by atoms with E-state index in [1.54, 1.807) is 19.0 Å². The second-order valence-corrected chi connectivity index (χ2v) is 9.62. The van der Waals surface area contributed by atoms with Gasteiger partial charge in [-0.3, -0.25) is 4.79 Å². The average Bonchev–Trinajstić information content (AvgIpc) is 2.74. The Hall–Kier alpha value is -2.08. The van der Waals surface area contributed by atoms with Gasteiger partial charge in [0, 0.05) is 39.3 Å². The van der Waals surface area contributed by atoms with Crippen LogP contribution in [0.15, 0.2) is 30.3 Å². The summed E-state index contributed by atoms with van der Waals surface area (Å²) >= 11 is 0. The first-order valence-corrected chi connectivity index (χ1v) is 11.4. The van der Waals surface area contributed by atoms with Gasteiger partial charge in [0.2, 0.25) is 0 Å². The number of carbonyl (C=O) groups is 2. The number of nitrogens with one attached hydrogen (secondary N) is 1. The number of amides is 3. The van der Waals surface area contributed by atoms with E-state index in [0.717, 1.165) is 57.4 Å². The molecule has 6 nitrogen and oxygen atoms in total. The first-order chi connectivity index (χ1) is 14.3. The maximum Gasteiger partial charge on any atom is 0.316 e. The largest absolute Gasteiger partial charge is 0.336 e. The molecule has 2 aliphatic rings. The normalized spacial score (nSPS) is 21.6. The lowest BCUT2D eigenvalue weighted by molar-refractivity contribution is -0.0234. The Morgan fingerprint density at radius 3 is 2.37 bits per heavy atom. The lowest BCUT2D eigenvalue weighted by atomic mass is 9.66. The van der Waals surface area contributed by atoms with Crippen LogP contribution in [-0.4, -0.2) is 79.5 Å². The molecule has 2 aliphatic heterocycles. The average molecular weight is 415 g/mol. The summed E-state index contributed by atoms with van der Waals surface area (Å²) in [6.07, 6.45) is 4.33. The highest BCUT2D eigenvalue weighted by atomic mass is 16.2. The first kappa shape index (κ1) is 22.6. The molecule has 0 radical (unpaired) electrons. The molecule has 3 amide bonds. The van der Waals surface area contributed by atoms with Gasteiger partial charge in [-0.2, -0.15) is 0 Å². The van der Waals surface area contributed by atoms with Crippen molar-refractivity contribution >= 4 is 11.9 Å². The molecule has 1 aromatic rings. The summed E-state index contributed by atoms with van der Waals surface area (Å²) in [6.45, 7) is 9.08. The number of carbonyl (C=O) groups excluding carboxylic acids is 2. The molecule has 3 rings (SSSR count). The van der Waals surface area contributed by atoms with E-state index in [4.69, 9.17) is 0 Å². The summed E-state index contributed by atoms with van der Waals surface area (Å²) in [5.74, 6) is 0.750. The number of urea groups is 1. The van der Waals surface area contributed by atoms with Crippen molar-refractivity contribution in [3.8, 4) is 0 Å². The molecule has 30 heavy (non-hydrogen) atoms. The smallest absolute Gasteiger partial charge is 0.316 e. The van der Waals surface area contributed by atoms with Crippen LogP contribution in [0, 0.1) is 11.3 Å². The summed E-state index contributed by atoms with van der Waals surface area (Å²) in [4.78, 5) is 31.9. The van der Waals surface area contributed by atoms with Crippen molar-refractivity contribution in [3.05, 3.63) is 35.9 Å². The minimum absolute atomic E-state index is 0.0315. The summed E-state index contributed by atoms with van der Waals surface area (Å²) in [6, 6.07) is 9.49. The fourth-order valence-corrected chi connectivity index (χ4v) is 5.19. The van der Waals surface area contributed by atoms with Crippen molar-refractivity contribution in [1.82, 2.24) is 20.0 Å². The van der Waals surface area contributed by atoms with E-state index in [2.05, 4.69) is 24.1 Å². The molecule has 166 valence electrons. The molecule has 1 atom stereocenters. The first-order valence-electron chi connectivity index (χ1n) is 11.4. The van der Waals surface area contributed by atoms with Gasteiger partial charge in [-0.05, 0) is 62.2 Å². The van der Waals surface area contributed by atoms with Crippen molar-refractivity contribution in [2.45, 2.75) is 45.6 Å². The van der Waals surface area contributed by atoms with Crippen LogP contribution in [0.5, 0.6) is 0 Å². The van der Waals surface area contributed by atoms with Crippen molar-refractivity contribution in [2.24, 2.45) is 11.3 Å². The number of hydrogen-bond acceptors (Lipinski definition) is 3. The Kier molecular flexibility index (Phi) is 7.40. The van der Waals surface area contributed by atoms with E-state index in [1.165, 1.54) is 0 Å². The van der Waals surface area contributed by atoms with E-state index in [-0.39, 0.29) is 23.4 Å².